The fourth-order valence-corrected chi connectivity index (χ4v) is 4.68. The van der Waals surface area contributed by atoms with E-state index in [4.69, 9.17) is 4.74 Å². The number of ether oxygens (including phenoxy) is 1. The van der Waals surface area contributed by atoms with Crippen LogP contribution in [0.3, 0.4) is 0 Å². The van der Waals surface area contributed by atoms with Gasteiger partial charge in [0.05, 0.1) is 12.2 Å². The van der Waals surface area contributed by atoms with Gasteiger partial charge in [0.15, 0.2) is 0 Å². The molecule has 2 heteroatoms. The van der Waals surface area contributed by atoms with Crippen molar-refractivity contribution in [1.82, 2.24) is 0 Å². The van der Waals surface area contributed by atoms with Gasteiger partial charge in [0.25, 0.3) is 0 Å². The first kappa shape index (κ1) is 15.5. The smallest absolute Gasteiger partial charge is 0.139 e. The normalized spacial score (nSPS) is 33.0. The first-order valence-electron chi connectivity index (χ1n) is 9.52. The number of hydrogen-bond donors (Lipinski definition) is 0. The Morgan fingerprint density at radius 2 is 1.05 bits per heavy atom. The first-order valence-corrected chi connectivity index (χ1v) is 9.52. The molecule has 0 aromatic heterocycles. The van der Waals surface area contributed by atoms with Crippen molar-refractivity contribution in [1.29, 1.82) is 0 Å². The van der Waals surface area contributed by atoms with E-state index in [2.05, 4.69) is 0 Å². The molecular weight excluding hydrogens is 260 g/mol. The molecule has 3 saturated carbocycles. The van der Waals surface area contributed by atoms with Crippen LogP contribution in [0.4, 0.5) is 0 Å². The maximum atomic E-state index is 12.6. The molecule has 0 amide bonds. The zero-order valence-electron chi connectivity index (χ0n) is 13.5. The van der Waals surface area contributed by atoms with Crippen LogP contribution in [0.25, 0.3) is 0 Å². The Labute approximate surface area is 130 Å². The Hall–Kier alpha value is -0.370. The largest absolute Gasteiger partial charge is 0.375 e. The summed E-state index contributed by atoms with van der Waals surface area (Å²) in [5, 5.41) is 0. The molecule has 3 aliphatic carbocycles. The number of ketones is 1. The second-order valence-corrected chi connectivity index (χ2v) is 7.61. The number of Topliss-reactive ketones (excluding diaryl/α,β-unsaturated/α-hetero) is 1. The summed E-state index contributed by atoms with van der Waals surface area (Å²) in [5.74, 6) is 1.37. The zero-order chi connectivity index (χ0) is 14.5. The van der Waals surface area contributed by atoms with Crippen molar-refractivity contribution in [3.63, 3.8) is 0 Å². The summed E-state index contributed by atoms with van der Waals surface area (Å²) in [7, 11) is 0. The van der Waals surface area contributed by atoms with Gasteiger partial charge in [-0.15, -0.1) is 0 Å². The lowest BCUT2D eigenvalue weighted by molar-refractivity contribution is -0.130. The highest BCUT2D eigenvalue weighted by atomic mass is 16.5. The molecule has 0 spiro atoms. The van der Waals surface area contributed by atoms with E-state index >= 15 is 0 Å². The van der Waals surface area contributed by atoms with Crippen molar-refractivity contribution in [3.05, 3.63) is 0 Å². The number of carbonyl (C=O) groups is 1. The molecule has 0 radical (unpaired) electrons. The van der Waals surface area contributed by atoms with Crippen molar-refractivity contribution in [2.24, 2.45) is 11.8 Å². The second kappa shape index (κ2) is 7.76. The van der Waals surface area contributed by atoms with Crippen LogP contribution in [-0.4, -0.2) is 18.0 Å². The van der Waals surface area contributed by atoms with Crippen LogP contribution in [0.15, 0.2) is 0 Å². The summed E-state index contributed by atoms with van der Waals surface area (Å²) in [6.07, 6.45) is 18.2. The lowest BCUT2D eigenvalue weighted by Crippen LogP contribution is -2.33. The van der Waals surface area contributed by atoms with Gasteiger partial charge in [-0.1, -0.05) is 38.5 Å². The predicted molar refractivity (Wildman–Crippen MR) is 85.3 cm³/mol. The van der Waals surface area contributed by atoms with Gasteiger partial charge in [-0.3, -0.25) is 4.79 Å². The van der Waals surface area contributed by atoms with Crippen molar-refractivity contribution >= 4 is 5.78 Å². The molecule has 3 rings (SSSR count). The molecule has 0 heterocycles. The summed E-state index contributed by atoms with van der Waals surface area (Å²) in [5.41, 5.74) is 0. The quantitative estimate of drug-likeness (QED) is 0.725. The van der Waals surface area contributed by atoms with Gasteiger partial charge < -0.3 is 4.74 Å². The fourth-order valence-electron chi connectivity index (χ4n) is 4.68. The monoisotopic (exact) mass is 292 g/mol. The van der Waals surface area contributed by atoms with E-state index in [1.165, 1.54) is 51.4 Å². The van der Waals surface area contributed by atoms with Gasteiger partial charge in [-0.2, -0.15) is 0 Å². The molecule has 0 atom stereocenters. The molecule has 3 aliphatic rings. The van der Waals surface area contributed by atoms with E-state index in [9.17, 15) is 4.79 Å². The van der Waals surface area contributed by atoms with Crippen molar-refractivity contribution in [2.45, 2.75) is 102 Å². The summed E-state index contributed by atoms with van der Waals surface area (Å²) in [6.45, 7) is 0. The van der Waals surface area contributed by atoms with E-state index in [-0.39, 0.29) is 0 Å². The van der Waals surface area contributed by atoms with Crippen LogP contribution in [0, 0.1) is 11.8 Å². The molecule has 0 saturated heterocycles. The van der Waals surface area contributed by atoms with Crippen LogP contribution in [-0.2, 0) is 9.53 Å². The van der Waals surface area contributed by atoms with E-state index in [1.54, 1.807) is 0 Å². The van der Waals surface area contributed by atoms with E-state index in [0.717, 1.165) is 38.5 Å². The van der Waals surface area contributed by atoms with E-state index in [0.29, 0.717) is 29.8 Å². The molecular formula is C19H32O2. The average molecular weight is 292 g/mol. The highest BCUT2D eigenvalue weighted by Crippen LogP contribution is 2.34. The molecule has 3 fully saturated rings. The Morgan fingerprint density at radius 3 is 1.67 bits per heavy atom. The van der Waals surface area contributed by atoms with Gasteiger partial charge in [0.2, 0.25) is 0 Å². The van der Waals surface area contributed by atoms with Gasteiger partial charge in [0.1, 0.15) is 5.78 Å². The Morgan fingerprint density at radius 1 is 0.571 bits per heavy atom. The molecule has 2 nitrogen and oxygen atoms in total. The fraction of sp³-hybridized carbons (Fsp3) is 0.947. The van der Waals surface area contributed by atoms with Crippen LogP contribution in [0.2, 0.25) is 0 Å². The Kier molecular flexibility index (Phi) is 5.74. The minimum Gasteiger partial charge on any atom is -0.375 e. The van der Waals surface area contributed by atoms with Crippen LogP contribution >= 0.6 is 0 Å². The number of carbonyl (C=O) groups excluding carboxylic acids is 1. The Bertz CT molecular complexity index is 318. The molecule has 0 aromatic carbocycles. The molecule has 0 aliphatic heterocycles. The average Bonchev–Trinajstić information content (AvgIpc) is 2.57. The first-order chi connectivity index (χ1) is 10.3. The van der Waals surface area contributed by atoms with Crippen LogP contribution in [0.1, 0.15) is 89.9 Å². The van der Waals surface area contributed by atoms with Gasteiger partial charge >= 0.3 is 0 Å². The van der Waals surface area contributed by atoms with Crippen LogP contribution < -0.4 is 0 Å². The second-order valence-electron chi connectivity index (χ2n) is 7.61. The minimum atomic E-state index is 0.360. The third-order valence-corrected chi connectivity index (χ3v) is 6.02. The lowest BCUT2D eigenvalue weighted by Gasteiger charge is -2.34. The van der Waals surface area contributed by atoms with Crippen molar-refractivity contribution < 1.29 is 9.53 Å². The summed E-state index contributed by atoms with van der Waals surface area (Å²) >= 11 is 0. The van der Waals surface area contributed by atoms with E-state index in [1.807, 2.05) is 0 Å². The van der Waals surface area contributed by atoms with Crippen LogP contribution in [0.5, 0.6) is 0 Å². The Balaban J connectivity index is 1.40. The maximum Gasteiger partial charge on any atom is 0.139 e. The molecule has 21 heavy (non-hydrogen) atoms. The van der Waals surface area contributed by atoms with Gasteiger partial charge in [-0.05, 0) is 51.4 Å². The zero-order valence-corrected chi connectivity index (χ0v) is 13.5. The van der Waals surface area contributed by atoms with E-state index < -0.39 is 0 Å². The third-order valence-electron chi connectivity index (χ3n) is 6.02. The topological polar surface area (TPSA) is 26.3 Å². The number of hydrogen-bond acceptors (Lipinski definition) is 2. The summed E-state index contributed by atoms with van der Waals surface area (Å²) < 4.78 is 6.29. The predicted octanol–water partition coefficient (Wildman–Crippen LogP) is 5.04. The molecule has 0 N–H and O–H groups in total. The standard InChI is InChI=1S/C19H32O2/c20-19(15-7-3-1-4-8-15)16-11-13-18(14-12-16)21-17-9-5-2-6-10-17/h15-18H,1-14H2. The van der Waals surface area contributed by atoms with Crippen molar-refractivity contribution in [2.75, 3.05) is 0 Å². The molecule has 0 bridgehead atoms. The molecule has 0 aromatic rings. The number of rotatable bonds is 4. The van der Waals surface area contributed by atoms with Gasteiger partial charge in [-0.25, -0.2) is 0 Å². The highest BCUT2D eigenvalue weighted by Gasteiger charge is 2.32. The lowest BCUT2D eigenvalue weighted by atomic mass is 9.76. The summed E-state index contributed by atoms with van der Waals surface area (Å²) in [6, 6.07) is 0. The highest BCUT2D eigenvalue weighted by molar-refractivity contribution is 5.83. The molecule has 0 unspecified atom stereocenters. The van der Waals surface area contributed by atoms with Crippen molar-refractivity contribution in [3.8, 4) is 0 Å². The minimum absolute atomic E-state index is 0.360. The SMILES string of the molecule is O=C(C1CCCCC1)C1CCC(OC2CCCCC2)CC1. The van der Waals surface area contributed by atoms with Gasteiger partial charge in [0, 0.05) is 11.8 Å². The molecule has 120 valence electrons. The summed E-state index contributed by atoms with van der Waals surface area (Å²) in [4.78, 5) is 12.6. The maximum absolute atomic E-state index is 12.6. The third kappa shape index (κ3) is 4.31.